The number of rotatable bonds is 9. The Balaban J connectivity index is 2.43. The van der Waals surface area contributed by atoms with E-state index in [4.69, 9.17) is 21.1 Å². The van der Waals surface area contributed by atoms with E-state index in [2.05, 4.69) is 26.1 Å². The molecule has 0 saturated carbocycles. The number of hydrogen-bond acceptors (Lipinski definition) is 3. The highest BCUT2D eigenvalue weighted by Crippen LogP contribution is 2.26. The first-order valence-corrected chi connectivity index (χ1v) is 8.16. The molecule has 0 aliphatic heterocycles. The molecule has 0 amide bonds. The molecule has 0 aliphatic carbocycles. The van der Waals surface area contributed by atoms with Crippen molar-refractivity contribution in [2.45, 2.75) is 40.2 Å². The predicted molar refractivity (Wildman–Crippen MR) is 89.7 cm³/mol. The summed E-state index contributed by atoms with van der Waals surface area (Å²) in [5, 5.41) is 3.53. The van der Waals surface area contributed by atoms with Crippen LogP contribution in [0, 0.1) is 5.41 Å². The molecule has 0 radical (unpaired) electrons. The third kappa shape index (κ3) is 6.58. The van der Waals surface area contributed by atoms with E-state index in [1.165, 1.54) is 0 Å². The second kappa shape index (κ2) is 9.16. The molecule has 0 saturated heterocycles. The summed E-state index contributed by atoms with van der Waals surface area (Å²) < 4.78 is 11.4. The van der Waals surface area contributed by atoms with E-state index in [0.717, 1.165) is 24.5 Å². The summed E-state index contributed by atoms with van der Waals surface area (Å²) in [7, 11) is 0. The van der Waals surface area contributed by atoms with Crippen LogP contribution in [0.1, 0.15) is 34.1 Å². The topological polar surface area (TPSA) is 30.5 Å². The summed E-state index contributed by atoms with van der Waals surface area (Å²) in [6.45, 7) is 10.7. The molecule has 1 aromatic rings. The average Bonchev–Trinajstić information content (AvgIpc) is 2.43. The SMILES string of the molecule is CCOc1ccccc1OCCNC(CCCl)C(C)(C)C. The summed E-state index contributed by atoms with van der Waals surface area (Å²) in [5.74, 6) is 2.27. The number of alkyl halides is 1. The molecule has 4 heteroatoms. The Morgan fingerprint density at radius 3 is 2.29 bits per heavy atom. The zero-order chi connectivity index (χ0) is 15.7. The Bertz CT molecular complexity index is 404. The zero-order valence-corrected chi connectivity index (χ0v) is 14.4. The van der Waals surface area contributed by atoms with Gasteiger partial charge in [-0.2, -0.15) is 0 Å². The predicted octanol–water partition coefficient (Wildman–Crippen LogP) is 4.10. The van der Waals surface area contributed by atoms with Crippen molar-refractivity contribution in [3.05, 3.63) is 24.3 Å². The highest BCUT2D eigenvalue weighted by molar-refractivity contribution is 6.17. The quantitative estimate of drug-likeness (QED) is 0.550. The van der Waals surface area contributed by atoms with Gasteiger partial charge in [-0.15, -0.1) is 11.6 Å². The van der Waals surface area contributed by atoms with Crippen LogP contribution in [0.15, 0.2) is 24.3 Å². The van der Waals surface area contributed by atoms with Crippen molar-refractivity contribution < 1.29 is 9.47 Å². The van der Waals surface area contributed by atoms with Crippen molar-refractivity contribution in [1.82, 2.24) is 5.32 Å². The van der Waals surface area contributed by atoms with Crippen molar-refractivity contribution in [2.75, 3.05) is 25.6 Å². The standard InChI is InChI=1S/C17H28ClNO2/c1-5-20-14-8-6-7-9-15(14)21-13-12-19-16(10-11-18)17(2,3)4/h6-9,16,19H,5,10-13H2,1-4H3. The lowest BCUT2D eigenvalue weighted by molar-refractivity contribution is 0.231. The molecule has 0 heterocycles. The Hall–Kier alpha value is -0.930. The normalized spacial score (nSPS) is 13.0. The molecule has 0 bridgehead atoms. The lowest BCUT2D eigenvalue weighted by atomic mass is 9.85. The number of para-hydroxylation sites is 2. The summed E-state index contributed by atoms with van der Waals surface area (Å²) in [6.07, 6.45) is 0.959. The lowest BCUT2D eigenvalue weighted by Crippen LogP contribution is -2.42. The van der Waals surface area contributed by atoms with E-state index in [1.807, 2.05) is 31.2 Å². The third-order valence-electron chi connectivity index (χ3n) is 3.34. The van der Waals surface area contributed by atoms with Gasteiger partial charge in [-0.1, -0.05) is 32.9 Å². The van der Waals surface area contributed by atoms with Gasteiger partial charge in [0.15, 0.2) is 11.5 Å². The van der Waals surface area contributed by atoms with Crippen LogP contribution in [-0.2, 0) is 0 Å². The van der Waals surface area contributed by atoms with Crippen molar-refractivity contribution >= 4 is 11.6 Å². The second-order valence-corrected chi connectivity index (χ2v) is 6.46. The molecule has 1 unspecified atom stereocenters. The maximum Gasteiger partial charge on any atom is 0.161 e. The molecule has 1 aromatic carbocycles. The highest BCUT2D eigenvalue weighted by Gasteiger charge is 2.23. The minimum absolute atomic E-state index is 0.193. The maximum atomic E-state index is 5.88. The molecule has 0 aliphatic rings. The van der Waals surface area contributed by atoms with E-state index in [-0.39, 0.29) is 5.41 Å². The first-order chi connectivity index (χ1) is 9.99. The van der Waals surface area contributed by atoms with Gasteiger partial charge in [0.2, 0.25) is 0 Å². The minimum Gasteiger partial charge on any atom is -0.490 e. The van der Waals surface area contributed by atoms with Crippen molar-refractivity contribution in [3.8, 4) is 11.5 Å². The van der Waals surface area contributed by atoms with E-state index in [9.17, 15) is 0 Å². The fraction of sp³-hybridized carbons (Fsp3) is 0.647. The summed E-state index contributed by atoms with van der Waals surface area (Å²) >= 11 is 5.88. The Morgan fingerprint density at radius 1 is 1.14 bits per heavy atom. The van der Waals surface area contributed by atoms with Gasteiger partial charge in [-0.05, 0) is 30.9 Å². The molecule has 0 fully saturated rings. The van der Waals surface area contributed by atoms with Gasteiger partial charge in [0.1, 0.15) is 6.61 Å². The molecule has 1 N–H and O–H groups in total. The van der Waals surface area contributed by atoms with Crippen molar-refractivity contribution in [1.29, 1.82) is 0 Å². The zero-order valence-electron chi connectivity index (χ0n) is 13.6. The summed E-state index contributed by atoms with van der Waals surface area (Å²) in [4.78, 5) is 0. The average molecular weight is 314 g/mol. The Morgan fingerprint density at radius 2 is 1.76 bits per heavy atom. The number of benzene rings is 1. The molecule has 120 valence electrons. The fourth-order valence-electron chi connectivity index (χ4n) is 2.19. The van der Waals surface area contributed by atoms with E-state index in [0.29, 0.717) is 25.1 Å². The van der Waals surface area contributed by atoms with Gasteiger partial charge in [0.25, 0.3) is 0 Å². The van der Waals surface area contributed by atoms with Crippen LogP contribution < -0.4 is 14.8 Å². The van der Waals surface area contributed by atoms with Gasteiger partial charge >= 0.3 is 0 Å². The van der Waals surface area contributed by atoms with E-state index >= 15 is 0 Å². The van der Waals surface area contributed by atoms with Gasteiger partial charge in [0, 0.05) is 18.5 Å². The first kappa shape index (κ1) is 18.1. The smallest absolute Gasteiger partial charge is 0.161 e. The molecular formula is C17H28ClNO2. The van der Waals surface area contributed by atoms with Crippen LogP contribution >= 0.6 is 11.6 Å². The van der Waals surface area contributed by atoms with E-state index < -0.39 is 0 Å². The van der Waals surface area contributed by atoms with Gasteiger partial charge in [0.05, 0.1) is 6.61 Å². The number of halogens is 1. The molecule has 1 rings (SSSR count). The minimum atomic E-state index is 0.193. The van der Waals surface area contributed by atoms with Gasteiger partial charge in [-0.25, -0.2) is 0 Å². The van der Waals surface area contributed by atoms with Crippen LogP contribution in [0.25, 0.3) is 0 Å². The third-order valence-corrected chi connectivity index (χ3v) is 3.56. The monoisotopic (exact) mass is 313 g/mol. The van der Waals surface area contributed by atoms with Gasteiger partial charge < -0.3 is 14.8 Å². The Labute approximate surface area is 134 Å². The van der Waals surface area contributed by atoms with E-state index in [1.54, 1.807) is 0 Å². The molecule has 21 heavy (non-hydrogen) atoms. The number of hydrogen-bond donors (Lipinski definition) is 1. The Kier molecular flexibility index (Phi) is 7.91. The van der Waals surface area contributed by atoms with Crippen molar-refractivity contribution in [2.24, 2.45) is 5.41 Å². The maximum absolute atomic E-state index is 5.88. The largest absolute Gasteiger partial charge is 0.490 e. The number of ether oxygens (including phenoxy) is 2. The summed E-state index contributed by atoms with van der Waals surface area (Å²) in [6, 6.07) is 8.16. The number of nitrogens with one attached hydrogen (secondary N) is 1. The van der Waals surface area contributed by atoms with Crippen LogP contribution in [-0.4, -0.2) is 31.7 Å². The highest BCUT2D eigenvalue weighted by atomic mass is 35.5. The summed E-state index contributed by atoms with van der Waals surface area (Å²) in [5.41, 5.74) is 0.193. The van der Waals surface area contributed by atoms with Crippen LogP contribution in [0.4, 0.5) is 0 Å². The molecule has 0 spiro atoms. The van der Waals surface area contributed by atoms with Gasteiger partial charge in [-0.3, -0.25) is 0 Å². The lowest BCUT2D eigenvalue weighted by Gasteiger charge is -2.31. The fourth-order valence-corrected chi connectivity index (χ4v) is 2.41. The first-order valence-electron chi connectivity index (χ1n) is 7.63. The van der Waals surface area contributed by atoms with Crippen LogP contribution in [0.2, 0.25) is 0 Å². The van der Waals surface area contributed by atoms with Crippen LogP contribution in [0.3, 0.4) is 0 Å². The molecule has 3 nitrogen and oxygen atoms in total. The second-order valence-electron chi connectivity index (χ2n) is 6.08. The van der Waals surface area contributed by atoms with Crippen LogP contribution in [0.5, 0.6) is 11.5 Å². The molecule has 1 atom stereocenters. The molecule has 0 aromatic heterocycles. The van der Waals surface area contributed by atoms with Crippen molar-refractivity contribution in [3.63, 3.8) is 0 Å². The molecular weight excluding hydrogens is 286 g/mol.